The van der Waals surface area contributed by atoms with Crippen LogP contribution in [-0.2, 0) is 22.9 Å². The molecule has 7 nitrogen and oxygen atoms in total. The average molecular weight is 472 g/mol. The second-order valence-corrected chi connectivity index (χ2v) is 10.5. The highest BCUT2D eigenvalue weighted by Crippen LogP contribution is 2.31. The van der Waals surface area contributed by atoms with Crippen molar-refractivity contribution in [3.8, 4) is 17.0 Å². The highest BCUT2D eigenvalue weighted by molar-refractivity contribution is 7.89. The van der Waals surface area contributed by atoms with Gasteiger partial charge in [0, 0.05) is 22.5 Å². The summed E-state index contributed by atoms with van der Waals surface area (Å²) in [6.45, 7) is 3.45. The molecule has 2 aromatic carbocycles. The highest BCUT2D eigenvalue weighted by atomic mass is 32.2. The molecule has 1 aliphatic carbocycles. The lowest BCUT2D eigenvalue weighted by molar-refractivity contribution is 0.102. The molecule has 168 valence electrons. The van der Waals surface area contributed by atoms with Crippen molar-refractivity contribution in [1.29, 1.82) is 0 Å². The molecule has 0 saturated carbocycles. The molecule has 1 heterocycles. The van der Waals surface area contributed by atoms with Gasteiger partial charge in [0.1, 0.15) is 10.6 Å². The van der Waals surface area contributed by atoms with Crippen LogP contribution in [0.3, 0.4) is 0 Å². The van der Waals surface area contributed by atoms with E-state index >= 15 is 0 Å². The molecule has 0 radical (unpaired) electrons. The third-order valence-corrected chi connectivity index (χ3v) is 7.66. The first-order valence-electron chi connectivity index (χ1n) is 10.4. The molecule has 0 bridgehead atoms. The molecule has 1 aromatic heterocycles. The van der Waals surface area contributed by atoms with E-state index in [9.17, 15) is 13.2 Å². The SMILES string of the molecule is COc1ccc(C(=O)Nc2nc(-c3ccc4c(c3)CCC4)cs2)cc1S(=O)(=O)NC(C)C. The zero-order chi connectivity index (χ0) is 22.9. The van der Waals surface area contributed by atoms with Crippen molar-refractivity contribution in [1.82, 2.24) is 9.71 Å². The summed E-state index contributed by atoms with van der Waals surface area (Å²) in [6.07, 6.45) is 3.40. The normalized spacial score (nSPS) is 13.2. The Balaban J connectivity index is 1.55. The molecule has 0 aliphatic heterocycles. The number of fused-ring (bicyclic) bond motifs is 1. The largest absolute Gasteiger partial charge is 0.495 e. The second-order valence-electron chi connectivity index (χ2n) is 7.97. The van der Waals surface area contributed by atoms with Gasteiger partial charge in [0.2, 0.25) is 10.0 Å². The molecule has 9 heteroatoms. The smallest absolute Gasteiger partial charge is 0.257 e. The quantitative estimate of drug-likeness (QED) is 0.537. The first-order valence-corrected chi connectivity index (χ1v) is 12.7. The molecule has 0 saturated heterocycles. The monoisotopic (exact) mass is 471 g/mol. The number of carbonyl (C=O) groups is 1. The van der Waals surface area contributed by atoms with Crippen molar-refractivity contribution in [2.45, 2.75) is 44.0 Å². The summed E-state index contributed by atoms with van der Waals surface area (Å²) in [5.41, 5.74) is 4.79. The van der Waals surface area contributed by atoms with Gasteiger partial charge in [0.15, 0.2) is 5.13 Å². The van der Waals surface area contributed by atoms with Crippen LogP contribution in [0.5, 0.6) is 5.75 Å². The summed E-state index contributed by atoms with van der Waals surface area (Å²) < 4.78 is 33.0. The van der Waals surface area contributed by atoms with E-state index in [1.807, 2.05) is 5.38 Å². The number of benzene rings is 2. The van der Waals surface area contributed by atoms with Crippen LogP contribution < -0.4 is 14.8 Å². The van der Waals surface area contributed by atoms with Gasteiger partial charge in [-0.3, -0.25) is 10.1 Å². The molecule has 0 unspecified atom stereocenters. The maximum Gasteiger partial charge on any atom is 0.257 e. The standard InChI is InChI=1S/C23H25N3O4S2/c1-14(2)26-32(28,29)21-12-18(9-10-20(21)30-3)22(27)25-23-24-19(13-31-23)17-8-7-15-5-4-6-16(15)11-17/h7-14,26H,4-6H2,1-3H3,(H,24,25,27). The third-order valence-electron chi connectivity index (χ3n) is 5.23. The molecule has 1 aliphatic rings. The van der Waals surface area contributed by atoms with Crippen molar-refractivity contribution >= 4 is 32.4 Å². The lowest BCUT2D eigenvalue weighted by atomic mass is 10.1. The molecular formula is C23H25N3O4S2. The Morgan fingerprint density at radius 3 is 2.66 bits per heavy atom. The Morgan fingerprint density at radius 2 is 1.91 bits per heavy atom. The summed E-state index contributed by atoms with van der Waals surface area (Å²) in [7, 11) is -2.45. The van der Waals surface area contributed by atoms with Crippen LogP contribution in [0.25, 0.3) is 11.3 Å². The van der Waals surface area contributed by atoms with Gasteiger partial charge in [0.05, 0.1) is 12.8 Å². The number of methoxy groups -OCH3 is 1. The Morgan fingerprint density at radius 1 is 1.12 bits per heavy atom. The first-order chi connectivity index (χ1) is 15.3. The molecule has 0 atom stereocenters. The number of carbonyl (C=O) groups excluding carboxylic acids is 1. The number of ether oxygens (including phenoxy) is 1. The minimum atomic E-state index is -3.84. The molecule has 1 amide bonds. The fourth-order valence-electron chi connectivity index (χ4n) is 3.77. The second kappa shape index (κ2) is 9.01. The molecular weight excluding hydrogens is 446 g/mol. The van der Waals surface area contributed by atoms with E-state index in [0.717, 1.165) is 24.1 Å². The third kappa shape index (κ3) is 4.69. The van der Waals surface area contributed by atoms with Gasteiger partial charge in [0.25, 0.3) is 5.91 Å². The Kier molecular flexibility index (Phi) is 6.32. The van der Waals surface area contributed by atoms with E-state index < -0.39 is 15.9 Å². The predicted octanol–water partition coefficient (Wildman–Crippen LogP) is 4.25. The molecule has 2 N–H and O–H groups in total. The van der Waals surface area contributed by atoms with E-state index in [2.05, 4.69) is 33.2 Å². The number of aromatic nitrogens is 1. The maximum atomic E-state index is 12.8. The van der Waals surface area contributed by atoms with Gasteiger partial charge in [-0.1, -0.05) is 12.1 Å². The van der Waals surface area contributed by atoms with Gasteiger partial charge < -0.3 is 4.74 Å². The number of aryl methyl sites for hydroxylation is 2. The Labute approximate surface area is 191 Å². The van der Waals surface area contributed by atoms with Crippen molar-refractivity contribution in [2.75, 3.05) is 12.4 Å². The molecule has 0 spiro atoms. The van der Waals surface area contributed by atoms with E-state index in [4.69, 9.17) is 4.74 Å². The van der Waals surface area contributed by atoms with E-state index in [1.54, 1.807) is 13.8 Å². The van der Waals surface area contributed by atoms with Crippen molar-refractivity contribution in [3.63, 3.8) is 0 Å². The molecule has 3 aromatic rings. The van der Waals surface area contributed by atoms with Crippen LogP contribution in [0.4, 0.5) is 5.13 Å². The van der Waals surface area contributed by atoms with Crippen LogP contribution in [0, 0.1) is 0 Å². The minimum absolute atomic E-state index is 0.0840. The Bertz CT molecular complexity index is 1270. The number of thiazole rings is 1. The van der Waals surface area contributed by atoms with Crippen molar-refractivity contribution < 1.29 is 17.9 Å². The fraction of sp³-hybridized carbons (Fsp3) is 0.304. The van der Waals surface area contributed by atoms with Gasteiger partial charge in [-0.05, 0) is 68.5 Å². The van der Waals surface area contributed by atoms with Crippen LogP contribution in [0.2, 0.25) is 0 Å². The van der Waals surface area contributed by atoms with Gasteiger partial charge >= 0.3 is 0 Å². The number of rotatable bonds is 7. The number of sulfonamides is 1. The number of hydrogen-bond donors (Lipinski definition) is 2. The predicted molar refractivity (Wildman–Crippen MR) is 126 cm³/mol. The van der Waals surface area contributed by atoms with Crippen LogP contribution in [0.15, 0.2) is 46.7 Å². The summed E-state index contributed by atoms with van der Waals surface area (Å²) in [5, 5.41) is 5.13. The summed E-state index contributed by atoms with van der Waals surface area (Å²) >= 11 is 1.33. The molecule has 32 heavy (non-hydrogen) atoms. The number of amides is 1. The number of nitrogens with one attached hydrogen (secondary N) is 2. The van der Waals surface area contributed by atoms with Crippen molar-refractivity contribution in [2.24, 2.45) is 0 Å². The first kappa shape index (κ1) is 22.4. The van der Waals surface area contributed by atoms with Crippen LogP contribution in [0.1, 0.15) is 41.8 Å². The highest BCUT2D eigenvalue weighted by Gasteiger charge is 2.23. The fourth-order valence-corrected chi connectivity index (χ4v) is 5.93. The van der Waals surface area contributed by atoms with Crippen LogP contribution >= 0.6 is 11.3 Å². The minimum Gasteiger partial charge on any atom is -0.495 e. The zero-order valence-corrected chi connectivity index (χ0v) is 19.8. The van der Waals surface area contributed by atoms with Crippen molar-refractivity contribution in [3.05, 3.63) is 58.5 Å². The topological polar surface area (TPSA) is 97.4 Å². The maximum absolute atomic E-state index is 12.8. The summed E-state index contributed by atoms with van der Waals surface area (Å²) in [4.78, 5) is 17.3. The van der Waals surface area contributed by atoms with E-state index in [1.165, 1.54) is 54.2 Å². The lowest BCUT2D eigenvalue weighted by Gasteiger charge is -2.14. The van der Waals surface area contributed by atoms with Gasteiger partial charge in [-0.15, -0.1) is 11.3 Å². The lowest BCUT2D eigenvalue weighted by Crippen LogP contribution is -2.30. The van der Waals surface area contributed by atoms with Gasteiger partial charge in [-0.25, -0.2) is 18.1 Å². The summed E-state index contributed by atoms with van der Waals surface area (Å²) in [5.74, 6) is -0.272. The van der Waals surface area contributed by atoms with E-state index in [0.29, 0.717) is 5.13 Å². The molecule has 0 fully saturated rings. The number of hydrogen-bond acceptors (Lipinski definition) is 6. The number of nitrogens with zero attached hydrogens (tertiary/aromatic N) is 1. The Hall–Kier alpha value is -2.75. The van der Waals surface area contributed by atoms with Gasteiger partial charge in [-0.2, -0.15) is 0 Å². The van der Waals surface area contributed by atoms with E-state index in [-0.39, 0.29) is 22.3 Å². The summed E-state index contributed by atoms with van der Waals surface area (Å²) in [6, 6.07) is 10.4. The molecule has 4 rings (SSSR count). The van der Waals surface area contributed by atoms with Crippen LogP contribution in [-0.4, -0.2) is 32.5 Å². The average Bonchev–Trinajstić information content (AvgIpc) is 3.41. The number of anilines is 1. The zero-order valence-electron chi connectivity index (χ0n) is 18.1.